The van der Waals surface area contributed by atoms with E-state index in [0.717, 1.165) is 5.56 Å². The van der Waals surface area contributed by atoms with E-state index in [-0.39, 0.29) is 39.1 Å². The summed E-state index contributed by atoms with van der Waals surface area (Å²) in [5.74, 6) is -0.306. The van der Waals surface area contributed by atoms with Crippen LogP contribution in [0.5, 0.6) is 5.75 Å². The Morgan fingerprint density at radius 3 is 2.91 bits per heavy atom. The Bertz CT molecular complexity index is 919. The van der Waals surface area contributed by atoms with E-state index in [4.69, 9.17) is 17.0 Å². The molecule has 7 nitrogen and oxygen atoms in total. The van der Waals surface area contributed by atoms with Gasteiger partial charge in [0.05, 0.1) is 6.21 Å². The molecule has 1 radical (unpaired) electrons. The van der Waals surface area contributed by atoms with Crippen LogP contribution in [0.1, 0.15) is 11.1 Å². The molecule has 2 heterocycles. The third-order valence-electron chi connectivity index (χ3n) is 2.93. The van der Waals surface area contributed by atoms with Crippen molar-refractivity contribution in [1.82, 2.24) is 14.9 Å². The zero-order valence-corrected chi connectivity index (χ0v) is 12.9. The third-order valence-corrected chi connectivity index (χ3v) is 3.20. The van der Waals surface area contributed by atoms with Gasteiger partial charge in [-0.15, -0.1) is 5.10 Å². The minimum atomic E-state index is -0.520. The maximum absolute atomic E-state index is 12.0. The Morgan fingerprint density at radius 1 is 1.45 bits per heavy atom. The minimum Gasteiger partial charge on any atom is -0.872 e. The molecule has 0 aliphatic rings. The zero-order chi connectivity index (χ0) is 15.0. The molecule has 3 rings (SSSR count). The Balaban J connectivity index is 0.00000176. The molecule has 0 bridgehead atoms. The normalized spacial score (nSPS) is 11.0. The fraction of sp³-hybridized carbons (Fsp3) is 0.0769. The van der Waals surface area contributed by atoms with Gasteiger partial charge in [-0.05, 0) is 12.5 Å². The predicted octanol–water partition coefficient (Wildman–Crippen LogP) is 0.552. The summed E-state index contributed by atoms with van der Waals surface area (Å²) < 4.78 is 6.38. The smallest absolute Gasteiger partial charge is 0.872 e. The second kappa shape index (κ2) is 6.27. The molecule has 0 atom stereocenters. The van der Waals surface area contributed by atoms with Crippen LogP contribution in [0.3, 0.4) is 0 Å². The van der Waals surface area contributed by atoms with Gasteiger partial charge in [-0.25, -0.2) is 9.47 Å². The van der Waals surface area contributed by atoms with Crippen molar-refractivity contribution < 1.29 is 26.6 Å². The van der Waals surface area contributed by atoms with Crippen molar-refractivity contribution in [1.29, 1.82) is 0 Å². The fourth-order valence-electron chi connectivity index (χ4n) is 1.93. The topological polar surface area (TPSA) is 96.3 Å². The molecule has 115 valence electrons. The van der Waals surface area contributed by atoms with Crippen molar-refractivity contribution in [2.24, 2.45) is 5.10 Å². The van der Waals surface area contributed by atoms with Crippen molar-refractivity contribution in [2.45, 2.75) is 12.1 Å². The van der Waals surface area contributed by atoms with Gasteiger partial charge in [-0.1, -0.05) is 17.9 Å². The van der Waals surface area contributed by atoms with Crippen LogP contribution in [0.4, 0.5) is 0 Å². The molecule has 9 heteroatoms. The number of aromatic nitrogens is 3. The summed E-state index contributed by atoms with van der Waals surface area (Å²) in [5.41, 5.74) is 0.587. The maximum Gasteiger partial charge on any atom is 2.00 e. The molecule has 22 heavy (non-hydrogen) atoms. The molecule has 0 amide bonds. The summed E-state index contributed by atoms with van der Waals surface area (Å²) in [6, 6.07) is 4.39. The first kappa shape index (κ1) is 16.2. The summed E-state index contributed by atoms with van der Waals surface area (Å²) in [7, 11) is 0. The average Bonchev–Trinajstić information content (AvgIpc) is 2.83. The number of hydrogen-bond donors (Lipinski definition) is 0. The van der Waals surface area contributed by atoms with Crippen LogP contribution in [-0.4, -0.2) is 21.1 Å². The van der Waals surface area contributed by atoms with E-state index >= 15 is 0 Å². The maximum atomic E-state index is 12.0. The molecule has 0 aliphatic carbocycles. The van der Waals surface area contributed by atoms with E-state index in [9.17, 15) is 9.90 Å². The van der Waals surface area contributed by atoms with Gasteiger partial charge in [0.15, 0.2) is 0 Å². The van der Waals surface area contributed by atoms with Crippen LogP contribution in [0.25, 0.3) is 11.0 Å². The molecule has 2 aromatic heterocycles. The van der Waals surface area contributed by atoms with E-state index in [1.54, 1.807) is 13.0 Å². The minimum absolute atomic E-state index is 0. The Morgan fingerprint density at radius 2 is 2.23 bits per heavy atom. The van der Waals surface area contributed by atoms with Crippen molar-refractivity contribution in [2.75, 3.05) is 0 Å². The largest absolute Gasteiger partial charge is 2.00 e. The first-order chi connectivity index (χ1) is 10.1. The number of nitrogens with zero attached hydrogens (tertiary/aromatic N) is 4. The predicted molar refractivity (Wildman–Crippen MR) is 75.3 cm³/mol. The van der Waals surface area contributed by atoms with Crippen LogP contribution >= 0.6 is 0 Å². The fourth-order valence-corrected chi connectivity index (χ4v) is 2.07. The Hall–Kier alpha value is -2.22. The summed E-state index contributed by atoms with van der Waals surface area (Å²) in [6.45, 7) is 1.77. The molecule has 1 aromatic carbocycles. The summed E-state index contributed by atoms with van der Waals surface area (Å²) in [6.07, 6.45) is 2.60. The van der Waals surface area contributed by atoms with E-state index in [0.29, 0.717) is 5.39 Å². The van der Waals surface area contributed by atoms with Gasteiger partial charge in [0.2, 0.25) is 0 Å². The quantitative estimate of drug-likeness (QED) is 0.285. The second-order valence-corrected chi connectivity index (χ2v) is 4.67. The molecule has 0 N–H and O–H groups in total. The molecule has 0 unspecified atom stereocenters. The molecule has 0 saturated heterocycles. The average molecular weight is 364 g/mol. The van der Waals surface area contributed by atoms with Gasteiger partial charge in [0.1, 0.15) is 11.9 Å². The molecular formula is C13H8CuN4O3S. The molecule has 0 saturated carbocycles. The number of aryl methyl sites for hydroxylation is 1. The van der Waals surface area contributed by atoms with E-state index < -0.39 is 5.63 Å². The molecular weight excluding hydrogens is 356 g/mol. The summed E-state index contributed by atoms with van der Waals surface area (Å²) >= 11 is 4.90. The van der Waals surface area contributed by atoms with Crippen LogP contribution in [0, 0.1) is 6.92 Å². The zero-order valence-electron chi connectivity index (χ0n) is 11.1. The van der Waals surface area contributed by atoms with Gasteiger partial charge in [-0.3, -0.25) is 0 Å². The number of hydrogen-bond acceptors (Lipinski definition) is 7. The van der Waals surface area contributed by atoms with Gasteiger partial charge in [0, 0.05) is 22.2 Å². The first-order valence-corrected chi connectivity index (χ1v) is 6.33. The number of rotatable bonds is 2. The number of benzene rings is 1. The van der Waals surface area contributed by atoms with Crippen molar-refractivity contribution in [3.05, 3.63) is 46.1 Å². The van der Waals surface area contributed by atoms with Gasteiger partial charge in [0.25, 0.3) is 0 Å². The van der Waals surface area contributed by atoms with Crippen molar-refractivity contribution >= 4 is 29.8 Å². The van der Waals surface area contributed by atoms with Gasteiger partial charge >= 0.3 is 22.7 Å². The van der Waals surface area contributed by atoms with Crippen LogP contribution in [0.2, 0.25) is 0 Å². The van der Waals surface area contributed by atoms with E-state index in [1.807, 2.05) is 0 Å². The van der Waals surface area contributed by atoms with Crippen molar-refractivity contribution in [3.63, 3.8) is 0 Å². The monoisotopic (exact) mass is 363 g/mol. The molecule has 3 aromatic rings. The van der Waals surface area contributed by atoms with Crippen LogP contribution in [-0.2, 0) is 29.7 Å². The summed E-state index contributed by atoms with van der Waals surface area (Å²) in [4.78, 5) is 11.5. The standard InChI is InChI=1S/C13H10N4O3S.Cu/c1-7-4-11(19)20-12-8(7)2-3-10(18)9(12)5-15-17-6-14-16-13(17)21;/h2-6,18H,1H3,(H,16,21);/q;+2/p-2/b15-5+;. The molecule has 0 fully saturated rings. The van der Waals surface area contributed by atoms with Crippen LogP contribution < -0.4 is 10.7 Å². The van der Waals surface area contributed by atoms with Gasteiger partial charge < -0.3 is 22.2 Å². The van der Waals surface area contributed by atoms with Gasteiger partial charge in [-0.2, -0.15) is 10.2 Å². The van der Waals surface area contributed by atoms with E-state index in [1.165, 1.54) is 29.4 Å². The molecule has 0 spiro atoms. The van der Waals surface area contributed by atoms with Crippen LogP contribution in [0.15, 0.2) is 44.0 Å². The second-order valence-electron chi connectivity index (χ2n) is 4.31. The number of fused-ring (bicyclic) bond motifs is 1. The third kappa shape index (κ3) is 2.87. The SMILES string of the molecule is Cc1cc(=O)oc2c(/C=N/n3cnnc3[S-])c([O-])ccc12.[Cu+2]. The summed E-state index contributed by atoms with van der Waals surface area (Å²) in [5, 5.41) is 24.0. The Labute approximate surface area is 140 Å². The van der Waals surface area contributed by atoms with Crippen molar-refractivity contribution in [3.8, 4) is 5.75 Å². The van der Waals surface area contributed by atoms with E-state index in [2.05, 4.69) is 15.3 Å². The first-order valence-electron chi connectivity index (χ1n) is 5.92. The molecule has 0 aliphatic heterocycles. The Kier molecular flexibility index (Phi) is 4.60.